The molecule has 0 aliphatic heterocycles. The fourth-order valence-electron chi connectivity index (χ4n) is 2.17. The van der Waals surface area contributed by atoms with E-state index >= 15 is 0 Å². The van der Waals surface area contributed by atoms with Crippen LogP contribution in [0.1, 0.15) is 31.4 Å². The molecule has 0 heterocycles. The first-order valence-corrected chi connectivity index (χ1v) is 6.69. The number of nitrogens with one attached hydrogen (secondary N) is 1. The van der Waals surface area contributed by atoms with Gasteiger partial charge in [-0.15, -0.1) is 0 Å². The highest BCUT2D eigenvalue weighted by Crippen LogP contribution is 2.30. The van der Waals surface area contributed by atoms with Gasteiger partial charge in [0.2, 0.25) is 0 Å². The molecule has 1 N–H and O–H groups in total. The first kappa shape index (κ1) is 15.4. The molecule has 2 rings (SSSR count). The fraction of sp³-hybridized carbons (Fsp3) is 0.250. The minimum absolute atomic E-state index is 0.202. The Bertz CT molecular complexity index is 587. The van der Waals surface area contributed by atoms with Crippen LogP contribution in [0.2, 0.25) is 0 Å². The molecule has 2 aromatic carbocycles. The summed E-state index contributed by atoms with van der Waals surface area (Å²) in [4.78, 5) is 0. The highest BCUT2D eigenvalue weighted by molar-refractivity contribution is 5.49. The number of benzene rings is 2. The second-order valence-electron chi connectivity index (χ2n) is 4.74. The Morgan fingerprint density at radius 3 is 2.05 bits per heavy atom. The molecule has 0 radical (unpaired) electrons. The summed E-state index contributed by atoms with van der Waals surface area (Å²) < 4.78 is 53.9. The van der Waals surface area contributed by atoms with Gasteiger partial charge in [0.25, 0.3) is 0 Å². The molecule has 1 atom stereocenters. The average Bonchev–Trinajstić information content (AvgIpc) is 2.49. The van der Waals surface area contributed by atoms with Gasteiger partial charge in [-0.2, -0.15) is 0 Å². The second-order valence-corrected chi connectivity index (χ2v) is 4.74. The third kappa shape index (κ3) is 3.35. The van der Waals surface area contributed by atoms with Crippen molar-refractivity contribution in [3.05, 3.63) is 65.2 Å². The van der Waals surface area contributed by atoms with Crippen LogP contribution in [0.3, 0.4) is 0 Å². The molecule has 0 aromatic heterocycles. The number of hydrogen-bond acceptors (Lipinski definition) is 1. The van der Waals surface area contributed by atoms with E-state index in [2.05, 4.69) is 5.32 Å². The molecule has 112 valence electrons. The molecule has 0 aliphatic rings. The molecule has 0 spiro atoms. The summed E-state index contributed by atoms with van der Waals surface area (Å²) in [7, 11) is 0. The molecule has 0 amide bonds. The molecule has 0 bridgehead atoms. The zero-order chi connectivity index (χ0) is 15.4. The number of halogens is 4. The van der Waals surface area contributed by atoms with Crippen molar-refractivity contribution >= 4 is 5.69 Å². The summed E-state index contributed by atoms with van der Waals surface area (Å²) in [6.45, 7) is 1.91. The van der Waals surface area contributed by atoms with Crippen LogP contribution in [-0.2, 0) is 0 Å². The molecule has 0 aliphatic carbocycles. The van der Waals surface area contributed by atoms with Crippen molar-refractivity contribution < 1.29 is 17.6 Å². The van der Waals surface area contributed by atoms with E-state index in [4.69, 9.17) is 0 Å². The number of rotatable bonds is 5. The lowest BCUT2D eigenvalue weighted by atomic mass is 10.0. The van der Waals surface area contributed by atoms with E-state index < -0.39 is 35.0 Å². The van der Waals surface area contributed by atoms with E-state index in [0.29, 0.717) is 6.42 Å². The minimum atomic E-state index is -1.42. The number of anilines is 1. The summed E-state index contributed by atoms with van der Waals surface area (Å²) in [5, 5.41) is 2.58. The van der Waals surface area contributed by atoms with Crippen LogP contribution >= 0.6 is 0 Å². The maximum Gasteiger partial charge on any atom is 0.185 e. The summed E-state index contributed by atoms with van der Waals surface area (Å²) in [5.41, 5.74) is 0.0256. The summed E-state index contributed by atoms with van der Waals surface area (Å²) in [5.74, 6) is -5.66. The average molecular weight is 297 g/mol. The summed E-state index contributed by atoms with van der Waals surface area (Å²) in [6.07, 6.45) is 1.31. The monoisotopic (exact) mass is 297 g/mol. The van der Waals surface area contributed by atoms with E-state index in [1.165, 1.54) is 0 Å². The van der Waals surface area contributed by atoms with Gasteiger partial charge in [0, 0.05) is 6.07 Å². The quantitative estimate of drug-likeness (QED) is 0.591. The normalized spacial score (nSPS) is 12.2. The Morgan fingerprint density at radius 1 is 0.952 bits per heavy atom. The molecule has 21 heavy (non-hydrogen) atoms. The van der Waals surface area contributed by atoms with Crippen molar-refractivity contribution in [2.24, 2.45) is 0 Å². The highest BCUT2D eigenvalue weighted by atomic mass is 19.2. The van der Waals surface area contributed by atoms with Gasteiger partial charge in [-0.25, -0.2) is 17.6 Å². The lowest BCUT2D eigenvalue weighted by Crippen LogP contribution is -2.14. The Hall–Kier alpha value is -2.04. The van der Waals surface area contributed by atoms with Gasteiger partial charge in [0.1, 0.15) is 5.69 Å². The molecule has 0 fully saturated rings. The minimum Gasteiger partial charge on any atom is -0.373 e. The van der Waals surface area contributed by atoms with Gasteiger partial charge in [-0.1, -0.05) is 43.7 Å². The van der Waals surface area contributed by atoms with E-state index in [-0.39, 0.29) is 6.07 Å². The molecule has 2 aromatic rings. The van der Waals surface area contributed by atoms with Crippen LogP contribution in [0.5, 0.6) is 0 Å². The van der Waals surface area contributed by atoms with E-state index in [9.17, 15) is 17.6 Å². The van der Waals surface area contributed by atoms with E-state index in [1.807, 2.05) is 13.0 Å². The molecule has 5 heteroatoms. The predicted molar refractivity (Wildman–Crippen MR) is 74.0 cm³/mol. The molecule has 0 saturated heterocycles. The molecule has 1 unspecified atom stereocenters. The van der Waals surface area contributed by atoms with Crippen LogP contribution in [0.25, 0.3) is 0 Å². The second kappa shape index (κ2) is 6.61. The summed E-state index contributed by atoms with van der Waals surface area (Å²) in [6, 6.07) is 8.75. The summed E-state index contributed by atoms with van der Waals surface area (Å²) >= 11 is 0. The zero-order valence-corrected chi connectivity index (χ0v) is 11.5. The molecule has 0 saturated carbocycles. The highest BCUT2D eigenvalue weighted by Gasteiger charge is 2.22. The van der Waals surface area contributed by atoms with Gasteiger partial charge in [-0.3, -0.25) is 0 Å². The van der Waals surface area contributed by atoms with Crippen molar-refractivity contribution in [3.8, 4) is 0 Å². The zero-order valence-electron chi connectivity index (χ0n) is 11.5. The van der Waals surface area contributed by atoms with Crippen molar-refractivity contribution in [2.45, 2.75) is 25.8 Å². The molecule has 1 nitrogen and oxygen atoms in total. The van der Waals surface area contributed by atoms with E-state index in [0.717, 1.165) is 12.0 Å². The van der Waals surface area contributed by atoms with Gasteiger partial charge >= 0.3 is 0 Å². The fourth-order valence-corrected chi connectivity index (χ4v) is 2.17. The van der Waals surface area contributed by atoms with Crippen molar-refractivity contribution in [3.63, 3.8) is 0 Å². The number of hydrogen-bond donors (Lipinski definition) is 1. The standard InChI is InChI=1S/C16H15F4N/c1-2-6-13(10-7-4-3-5-8-10)21-16-14(19)11(17)9-12(18)15(16)20/h3-5,7-9,13,21H,2,6H2,1H3. The topological polar surface area (TPSA) is 12.0 Å². The van der Waals surface area contributed by atoms with Gasteiger partial charge < -0.3 is 5.32 Å². The first-order chi connectivity index (χ1) is 10.0. The van der Waals surface area contributed by atoms with Gasteiger partial charge in [-0.05, 0) is 12.0 Å². The Labute approximate surface area is 120 Å². The predicted octanol–water partition coefficient (Wildman–Crippen LogP) is 5.20. The maximum absolute atomic E-state index is 13.7. The third-order valence-corrected chi connectivity index (χ3v) is 3.21. The SMILES string of the molecule is CCCC(Nc1c(F)c(F)cc(F)c1F)c1ccccc1. The maximum atomic E-state index is 13.7. The Kier molecular flexibility index (Phi) is 4.83. The van der Waals surface area contributed by atoms with Crippen molar-refractivity contribution in [1.29, 1.82) is 0 Å². The van der Waals surface area contributed by atoms with Crippen LogP contribution in [-0.4, -0.2) is 0 Å². The van der Waals surface area contributed by atoms with Crippen molar-refractivity contribution in [2.75, 3.05) is 5.32 Å². The Morgan fingerprint density at radius 2 is 1.52 bits per heavy atom. The third-order valence-electron chi connectivity index (χ3n) is 3.21. The molecular formula is C16H15F4N. The van der Waals surface area contributed by atoms with Crippen LogP contribution in [0.4, 0.5) is 23.2 Å². The van der Waals surface area contributed by atoms with Gasteiger partial charge in [0.15, 0.2) is 23.3 Å². The van der Waals surface area contributed by atoms with E-state index in [1.54, 1.807) is 24.3 Å². The lowest BCUT2D eigenvalue weighted by Gasteiger charge is -2.21. The largest absolute Gasteiger partial charge is 0.373 e. The van der Waals surface area contributed by atoms with Crippen LogP contribution in [0.15, 0.2) is 36.4 Å². The molecular weight excluding hydrogens is 282 g/mol. The first-order valence-electron chi connectivity index (χ1n) is 6.69. The Balaban J connectivity index is 2.38. The lowest BCUT2D eigenvalue weighted by molar-refractivity contribution is 0.455. The van der Waals surface area contributed by atoms with Gasteiger partial charge in [0.05, 0.1) is 6.04 Å². The van der Waals surface area contributed by atoms with Crippen LogP contribution < -0.4 is 5.32 Å². The van der Waals surface area contributed by atoms with Crippen LogP contribution in [0, 0.1) is 23.3 Å². The van der Waals surface area contributed by atoms with Crippen molar-refractivity contribution in [1.82, 2.24) is 0 Å². The smallest absolute Gasteiger partial charge is 0.185 e.